The monoisotopic (exact) mass is 694 g/mol. The highest BCUT2D eigenvalue weighted by Gasteiger charge is 2.61. The summed E-state index contributed by atoms with van der Waals surface area (Å²) in [5.41, 5.74) is 1.47. The number of unbranched alkanes of at least 4 members (excludes halogenated alkanes) is 1. The van der Waals surface area contributed by atoms with Crippen LogP contribution in [-0.4, -0.2) is 75.7 Å². The molecule has 0 spiro atoms. The number of cyclic esters (lactones) is 1. The molecule has 2 fully saturated rings. The maximum absolute atomic E-state index is 14.3. The number of fused-ring (bicyclic) bond motifs is 3. The van der Waals surface area contributed by atoms with Gasteiger partial charge in [-0.25, -0.2) is 14.6 Å². The number of aliphatic carboxylic acids is 1. The molecule has 4 bridgehead atoms. The van der Waals surface area contributed by atoms with Crippen molar-refractivity contribution in [3.63, 3.8) is 0 Å². The molecule has 3 heterocycles. The van der Waals surface area contributed by atoms with E-state index in [9.17, 15) is 24.3 Å². The third kappa shape index (κ3) is 7.77. The van der Waals surface area contributed by atoms with Gasteiger partial charge in [0.25, 0.3) is 0 Å². The lowest BCUT2D eigenvalue weighted by Crippen LogP contribution is -2.56. The summed E-state index contributed by atoms with van der Waals surface area (Å²) in [7, 11) is 0. The fourth-order valence-electron chi connectivity index (χ4n) is 6.91. The van der Waals surface area contributed by atoms with E-state index < -0.39 is 53.5 Å². The number of hydrogen-bond donors (Lipinski definition) is 3. The number of nitrogens with one attached hydrogen (secondary N) is 2. The van der Waals surface area contributed by atoms with E-state index >= 15 is 0 Å². The minimum absolute atomic E-state index is 0.0412. The summed E-state index contributed by atoms with van der Waals surface area (Å²) in [4.78, 5) is 60.0. The number of ether oxygens (including phenoxy) is 2. The van der Waals surface area contributed by atoms with Gasteiger partial charge in [-0.1, -0.05) is 88.2 Å². The van der Waals surface area contributed by atoms with Gasteiger partial charge in [-0.05, 0) is 42.4 Å². The van der Waals surface area contributed by atoms with Gasteiger partial charge in [0.2, 0.25) is 11.8 Å². The van der Waals surface area contributed by atoms with Crippen molar-refractivity contribution in [2.45, 2.75) is 83.0 Å². The van der Waals surface area contributed by atoms with E-state index in [2.05, 4.69) is 37.1 Å². The molecule has 0 radical (unpaired) electrons. The normalized spacial score (nSPS) is 26.6. The van der Waals surface area contributed by atoms with E-state index in [1.165, 1.54) is 11.0 Å². The number of nitrogens with zero attached hydrogens (tertiary/aromatic N) is 2. The highest BCUT2D eigenvalue weighted by atomic mass is 16.5. The molecule has 11 heteroatoms. The number of allylic oxidation sites excluding steroid dienone is 1. The number of carbonyl (C=O) groups excluding carboxylic acids is 3. The van der Waals surface area contributed by atoms with Gasteiger partial charge in [-0.15, -0.1) is 6.58 Å². The molecule has 51 heavy (non-hydrogen) atoms. The largest absolute Gasteiger partial charge is 0.488 e. The van der Waals surface area contributed by atoms with Crippen LogP contribution in [0.15, 0.2) is 73.3 Å². The minimum atomic E-state index is -1.48. The Morgan fingerprint density at radius 3 is 2.65 bits per heavy atom. The third-order valence-electron chi connectivity index (χ3n) is 10.2. The summed E-state index contributed by atoms with van der Waals surface area (Å²) in [5.74, 6) is -2.09. The molecule has 2 aliphatic heterocycles. The lowest BCUT2D eigenvalue weighted by Gasteiger charge is -2.29. The van der Waals surface area contributed by atoms with Crippen LogP contribution in [0.1, 0.15) is 64.9 Å². The number of alkyl carbamates (subject to hydrolysis) is 1. The topological polar surface area (TPSA) is 147 Å². The summed E-state index contributed by atoms with van der Waals surface area (Å²) in [6, 6.07) is 15.6. The molecule has 3 amide bonds. The second kappa shape index (κ2) is 14.6. The van der Waals surface area contributed by atoms with Gasteiger partial charge >= 0.3 is 12.1 Å². The molecule has 2 aromatic carbocycles. The van der Waals surface area contributed by atoms with Crippen molar-refractivity contribution in [2.75, 3.05) is 13.2 Å². The minimum Gasteiger partial charge on any atom is -0.488 e. The zero-order chi connectivity index (χ0) is 36.3. The van der Waals surface area contributed by atoms with Gasteiger partial charge in [0, 0.05) is 29.4 Å². The van der Waals surface area contributed by atoms with Gasteiger partial charge in [0.1, 0.15) is 29.5 Å². The predicted molar refractivity (Wildman–Crippen MR) is 194 cm³/mol. The Morgan fingerprint density at radius 2 is 1.94 bits per heavy atom. The van der Waals surface area contributed by atoms with Crippen LogP contribution in [0.25, 0.3) is 28.2 Å². The molecule has 268 valence electrons. The first-order chi connectivity index (χ1) is 24.4. The Hall–Kier alpha value is -5.19. The van der Waals surface area contributed by atoms with Crippen LogP contribution >= 0.6 is 0 Å². The molecule has 3 N–H and O–H groups in total. The van der Waals surface area contributed by atoms with Gasteiger partial charge in [-0.3, -0.25) is 9.59 Å². The molecular formula is C40H46N4O7. The second-order valence-corrected chi connectivity index (χ2v) is 14.5. The summed E-state index contributed by atoms with van der Waals surface area (Å²) in [6.07, 6.45) is 6.91. The lowest BCUT2D eigenvalue weighted by molar-refractivity contribution is -0.145. The quantitative estimate of drug-likeness (QED) is 0.239. The molecule has 1 saturated carbocycles. The maximum Gasteiger partial charge on any atom is 0.407 e. The lowest BCUT2D eigenvalue weighted by atomic mass is 9.88. The molecule has 1 aliphatic carbocycles. The predicted octanol–water partition coefficient (Wildman–Crippen LogP) is 6.12. The third-order valence-corrected chi connectivity index (χ3v) is 10.2. The number of carbonyl (C=O) groups is 4. The molecule has 1 unspecified atom stereocenters. The molecule has 1 saturated heterocycles. The van der Waals surface area contributed by atoms with Crippen LogP contribution in [0.2, 0.25) is 0 Å². The number of amides is 3. The highest BCUT2D eigenvalue weighted by molar-refractivity contribution is 5.96. The number of rotatable bonds is 8. The van der Waals surface area contributed by atoms with Crippen LogP contribution in [0.4, 0.5) is 4.79 Å². The van der Waals surface area contributed by atoms with Crippen molar-refractivity contribution in [2.24, 2.45) is 11.3 Å². The first kappa shape index (κ1) is 35.6. The van der Waals surface area contributed by atoms with Crippen molar-refractivity contribution in [3.8, 4) is 17.0 Å². The average Bonchev–Trinajstić information content (AvgIpc) is 3.68. The highest BCUT2D eigenvalue weighted by Crippen LogP contribution is 2.45. The van der Waals surface area contributed by atoms with E-state index in [-0.39, 0.29) is 31.4 Å². The molecule has 3 aromatic rings. The zero-order valence-electron chi connectivity index (χ0n) is 29.4. The Morgan fingerprint density at radius 1 is 1.16 bits per heavy atom. The van der Waals surface area contributed by atoms with Gasteiger partial charge < -0.3 is 30.1 Å². The van der Waals surface area contributed by atoms with Crippen molar-refractivity contribution in [1.82, 2.24) is 20.5 Å². The van der Waals surface area contributed by atoms with E-state index in [0.717, 1.165) is 28.5 Å². The van der Waals surface area contributed by atoms with Crippen LogP contribution in [0, 0.1) is 11.3 Å². The smallest absolute Gasteiger partial charge is 0.407 e. The SMILES string of the molecule is C=CC1C[C@]1(NC(=O)[C@@H]1C[C@@H]2CN1C(=O)[C@H](CCCC)NC(=O)OCCC(C)(C)/C=C/c1ccc3nc(-c4ccccc4)cc(c3c1)O2)C(=O)O. The van der Waals surface area contributed by atoms with Crippen LogP contribution in [0.5, 0.6) is 5.75 Å². The van der Waals surface area contributed by atoms with Crippen LogP contribution in [0.3, 0.4) is 0 Å². The molecule has 1 aromatic heterocycles. The Labute approximate surface area is 298 Å². The van der Waals surface area contributed by atoms with Crippen LogP contribution < -0.4 is 15.4 Å². The molecule has 6 rings (SSSR count). The van der Waals surface area contributed by atoms with E-state index in [1.807, 2.05) is 67.6 Å². The number of carboxylic acids is 1. The van der Waals surface area contributed by atoms with Gasteiger partial charge in [0.15, 0.2) is 0 Å². The number of carboxylic acid groups (broad SMARTS) is 1. The van der Waals surface area contributed by atoms with E-state index in [4.69, 9.17) is 14.5 Å². The second-order valence-electron chi connectivity index (χ2n) is 14.5. The van der Waals surface area contributed by atoms with Crippen molar-refractivity contribution < 1.29 is 33.8 Å². The fraction of sp³-hybridized carbons (Fsp3) is 0.425. The maximum atomic E-state index is 14.3. The summed E-state index contributed by atoms with van der Waals surface area (Å²) in [5, 5.41) is 16.3. The number of hydrogen-bond acceptors (Lipinski definition) is 7. The molecule has 5 atom stereocenters. The van der Waals surface area contributed by atoms with Crippen LogP contribution in [-0.2, 0) is 19.1 Å². The number of pyridine rings is 1. The molecule has 11 nitrogen and oxygen atoms in total. The molecule has 3 aliphatic rings. The fourth-order valence-corrected chi connectivity index (χ4v) is 6.91. The standard InChI is InChI=1S/C40H46N4O7/c1-5-7-13-31-36(46)44-24-28(21-33(44)35(45)43-40(37(47)48)23-27(40)6-2)51-34-22-32(26-11-9-8-10-12-26)41-30-15-14-25(20-29(30)34)16-17-39(3,4)18-19-50-38(49)42-31/h6,8-12,14-17,20,22,27-28,31,33H,2,5,7,13,18-19,21,23-24H2,1,3-4H3,(H,42,49)(H,43,45)(H,47,48)/b17-16+/t27?,28-,31+,33+,40-/m1/s1. The first-order valence-corrected chi connectivity index (χ1v) is 17.7. The van der Waals surface area contributed by atoms with E-state index in [1.54, 1.807) is 0 Å². The summed E-state index contributed by atoms with van der Waals surface area (Å²) < 4.78 is 12.3. The van der Waals surface area contributed by atoms with Crippen molar-refractivity contribution >= 4 is 40.9 Å². The Balaban J connectivity index is 1.42. The Kier molecular flexibility index (Phi) is 10.2. The first-order valence-electron chi connectivity index (χ1n) is 17.7. The molecular weight excluding hydrogens is 648 g/mol. The van der Waals surface area contributed by atoms with Gasteiger partial charge in [-0.2, -0.15) is 0 Å². The van der Waals surface area contributed by atoms with Crippen molar-refractivity contribution in [1.29, 1.82) is 0 Å². The number of benzene rings is 2. The van der Waals surface area contributed by atoms with Crippen molar-refractivity contribution in [3.05, 3.63) is 78.9 Å². The van der Waals surface area contributed by atoms with E-state index in [0.29, 0.717) is 30.7 Å². The summed E-state index contributed by atoms with van der Waals surface area (Å²) in [6.45, 7) is 10.0. The van der Waals surface area contributed by atoms with Gasteiger partial charge in [0.05, 0.1) is 24.4 Å². The zero-order valence-corrected chi connectivity index (χ0v) is 29.4. The number of aromatic nitrogens is 1. The summed E-state index contributed by atoms with van der Waals surface area (Å²) >= 11 is 0. The Bertz CT molecular complexity index is 1860. The average molecular weight is 695 g/mol.